The number of hydrogen-bond donors (Lipinski definition) is 0. The minimum Gasteiger partial charge on any atom is -0.318 e. The van der Waals surface area contributed by atoms with Crippen LogP contribution in [0.3, 0.4) is 0 Å². The summed E-state index contributed by atoms with van der Waals surface area (Å²) in [5, 5.41) is 0. The first kappa shape index (κ1) is 17.0. The smallest absolute Gasteiger partial charge is 0.281 e. The minimum atomic E-state index is -0.349. The van der Waals surface area contributed by atoms with E-state index >= 15 is 0 Å². The van der Waals surface area contributed by atoms with Gasteiger partial charge in [-0.25, -0.2) is 0 Å². The fourth-order valence-corrected chi connectivity index (χ4v) is 3.03. The molecule has 0 saturated heterocycles. The van der Waals surface area contributed by atoms with Crippen molar-refractivity contribution in [2.24, 2.45) is 12.0 Å². The maximum Gasteiger partial charge on any atom is 0.281 e. The normalized spacial score (nSPS) is 12.0. The number of pyridine rings is 1. The van der Waals surface area contributed by atoms with E-state index in [-0.39, 0.29) is 11.5 Å². The number of aromatic nitrogens is 3. The molecule has 2 aromatic heterocycles. The second kappa shape index (κ2) is 6.93. The summed E-state index contributed by atoms with van der Waals surface area (Å²) in [7, 11) is 1.62. The molecule has 0 fully saturated rings. The van der Waals surface area contributed by atoms with Gasteiger partial charge < -0.3 is 13.7 Å². The van der Waals surface area contributed by atoms with Crippen molar-refractivity contribution in [3.63, 3.8) is 0 Å². The van der Waals surface area contributed by atoms with E-state index in [1.54, 1.807) is 7.05 Å². The highest BCUT2D eigenvalue weighted by atomic mass is 16.1. The highest BCUT2D eigenvalue weighted by molar-refractivity contribution is 5.94. The molecule has 3 rings (SSSR count). The van der Waals surface area contributed by atoms with E-state index in [1.165, 1.54) is 22.9 Å². The number of aryl methyl sites for hydroxylation is 3. The summed E-state index contributed by atoms with van der Waals surface area (Å²) in [6.45, 7) is 5.64. The highest BCUT2D eigenvalue weighted by Gasteiger charge is 2.12. The molecule has 0 saturated carbocycles. The van der Waals surface area contributed by atoms with Crippen molar-refractivity contribution in [2.45, 2.75) is 33.4 Å². The predicted octanol–water partition coefficient (Wildman–Crippen LogP) is 2.31. The van der Waals surface area contributed by atoms with Crippen LogP contribution in [0.4, 0.5) is 0 Å². The SMILES string of the molecule is CCCn1c(=NC(=O)c2ccc(=O)n(C)c2)n(CC)c2ccccc21. The summed E-state index contributed by atoms with van der Waals surface area (Å²) in [6.07, 6.45) is 2.47. The molecule has 0 aliphatic carbocycles. The van der Waals surface area contributed by atoms with E-state index in [0.717, 1.165) is 30.5 Å². The summed E-state index contributed by atoms with van der Waals surface area (Å²) in [4.78, 5) is 28.6. The van der Waals surface area contributed by atoms with Gasteiger partial charge in [0.25, 0.3) is 5.91 Å². The number of fused-ring (bicyclic) bond motifs is 1. The molecule has 25 heavy (non-hydrogen) atoms. The molecule has 0 radical (unpaired) electrons. The van der Waals surface area contributed by atoms with Crippen molar-refractivity contribution < 1.29 is 4.79 Å². The minimum absolute atomic E-state index is 0.153. The molecule has 2 heterocycles. The van der Waals surface area contributed by atoms with Crippen LogP contribution >= 0.6 is 0 Å². The fraction of sp³-hybridized carbons (Fsp3) is 0.316. The average Bonchev–Trinajstić information content (AvgIpc) is 2.90. The molecular weight excluding hydrogens is 316 g/mol. The van der Waals surface area contributed by atoms with Gasteiger partial charge in [0.15, 0.2) is 0 Å². The molecule has 0 aliphatic heterocycles. The summed E-state index contributed by atoms with van der Waals surface area (Å²) >= 11 is 0. The van der Waals surface area contributed by atoms with Crippen molar-refractivity contribution in [3.8, 4) is 0 Å². The summed E-state index contributed by atoms with van der Waals surface area (Å²) in [5.74, 6) is -0.349. The number of amides is 1. The van der Waals surface area contributed by atoms with Crippen LogP contribution in [0.25, 0.3) is 11.0 Å². The van der Waals surface area contributed by atoms with E-state index in [2.05, 4.69) is 16.5 Å². The van der Waals surface area contributed by atoms with E-state index in [0.29, 0.717) is 11.2 Å². The Kier molecular flexibility index (Phi) is 4.70. The lowest BCUT2D eigenvalue weighted by molar-refractivity contribution is 0.0995. The van der Waals surface area contributed by atoms with Gasteiger partial charge in [-0.2, -0.15) is 4.99 Å². The molecule has 6 nitrogen and oxygen atoms in total. The van der Waals surface area contributed by atoms with Gasteiger partial charge in [0, 0.05) is 32.4 Å². The van der Waals surface area contributed by atoms with Gasteiger partial charge in [-0.1, -0.05) is 19.1 Å². The van der Waals surface area contributed by atoms with E-state index in [1.807, 2.05) is 35.8 Å². The van der Waals surface area contributed by atoms with Gasteiger partial charge in [0.05, 0.1) is 16.6 Å². The van der Waals surface area contributed by atoms with Crippen molar-refractivity contribution in [1.82, 2.24) is 13.7 Å². The molecule has 6 heteroatoms. The molecule has 3 aromatic rings. The lowest BCUT2D eigenvalue weighted by Crippen LogP contribution is -2.27. The topological polar surface area (TPSA) is 61.3 Å². The average molecular weight is 338 g/mol. The largest absolute Gasteiger partial charge is 0.318 e. The maximum absolute atomic E-state index is 12.7. The van der Waals surface area contributed by atoms with Gasteiger partial charge in [0.2, 0.25) is 11.2 Å². The Hall–Kier alpha value is -2.89. The van der Waals surface area contributed by atoms with Crippen LogP contribution in [0.1, 0.15) is 30.6 Å². The number of imidazole rings is 1. The van der Waals surface area contributed by atoms with Crippen molar-refractivity contribution in [2.75, 3.05) is 0 Å². The van der Waals surface area contributed by atoms with Crippen LogP contribution in [0.15, 0.2) is 52.4 Å². The zero-order chi connectivity index (χ0) is 18.0. The van der Waals surface area contributed by atoms with Gasteiger partial charge in [0.1, 0.15) is 0 Å². The Morgan fingerprint density at radius 2 is 1.72 bits per heavy atom. The molecular formula is C19H22N4O2. The number of hydrogen-bond acceptors (Lipinski definition) is 2. The molecule has 0 bridgehead atoms. The number of nitrogens with zero attached hydrogens (tertiary/aromatic N) is 4. The third-order valence-corrected chi connectivity index (χ3v) is 4.24. The third kappa shape index (κ3) is 3.07. The molecule has 1 aromatic carbocycles. The van der Waals surface area contributed by atoms with E-state index in [9.17, 15) is 9.59 Å². The van der Waals surface area contributed by atoms with Crippen molar-refractivity contribution in [3.05, 3.63) is 64.1 Å². The van der Waals surface area contributed by atoms with Crippen molar-refractivity contribution in [1.29, 1.82) is 0 Å². The number of carbonyl (C=O) groups excluding carboxylic acids is 1. The molecule has 130 valence electrons. The maximum atomic E-state index is 12.7. The van der Waals surface area contributed by atoms with E-state index in [4.69, 9.17) is 0 Å². The van der Waals surface area contributed by atoms with Crippen LogP contribution in [0.2, 0.25) is 0 Å². The molecule has 0 spiro atoms. The number of rotatable bonds is 4. The summed E-state index contributed by atoms with van der Waals surface area (Å²) in [5.41, 5.74) is 3.02. The lowest BCUT2D eigenvalue weighted by atomic mass is 10.3. The Morgan fingerprint density at radius 1 is 1.04 bits per heavy atom. The number of para-hydroxylation sites is 2. The second-order valence-electron chi connectivity index (χ2n) is 5.97. The monoisotopic (exact) mass is 338 g/mol. The summed E-state index contributed by atoms with van der Waals surface area (Å²) < 4.78 is 5.52. The lowest BCUT2D eigenvalue weighted by Gasteiger charge is -2.04. The molecule has 1 amide bonds. The zero-order valence-electron chi connectivity index (χ0n) is 14.8. The summed E-state index contributed by atoms with van der Waals surface area (Å²) in [6, 6.07) is 11.0. The Balaban J connectivity index is 2.23. The van der Waals surface area contributed by atoms with Gasteiger partial charge in [-0.05, 0) is 31.5 Å². The second-order valence-corrected chi connectivity index (χ2v) is 5.97. The van der Waals surface area contributed by atoms with Crippen molar-refractivity contribution >= 4 is 16.9 Å². The van der Waals surface area contributed by atoms with Crippen LogP contribution in [-0.2, 0) is 20.1 Å². The Bertz CT molecular complexity index is 1050. The van der Waals surface area contributed by atoms with E-state index < -0.39 is 0 Å². The molecule has 0 unspecified atom stereocenters. The third-order valence-electron chi connectivity index (χ3n) is 4.24. The number of carbonyl (C=O) groups is 1. The molecule has 0 N–H and O–H groups in total. The van der Waals surface area contributed by atoms with Crippen LogP contribution in [0, 0.1) is 0 Å². The van der Waals surface area contributed by atoms with Crippen LogP contribution in [-0.4, -0.2) is 19.6 Å². The Morgan fingerprint density at radius 3 is 2.32 bits per heavy atom. The standard InChI is InChI=1S/C19H22N4O2/c1-4-12-23-16-9-7-6-8-15(16)22(5-2)19(23)20-18(25)14-10-11-17(24)21(3)13-14/h6-11,13H,4-5,12H2,1-3H3. The van der Waals surface area contributed by atoms with Crippen LogP contribution in [0.5, 0.6) is 0 Å². The zero-order valence-corrected chi connectivity index (χ0v) is 14.8. The molecule has 0 aliphatic rings. The quantitative estimate of drug-likeness (QED) is 0.733. The highest BCUT2D eigenvalue weighted by Crippen LogP contribution is 2.13. The molecule has 0 atom stereocenters. The first-order valence-corrected chi connectivity index (χ1v) is 8.50. The number of benzene rings is 1. The Labute approximate surface area is 145 Å². The van der Waals surface area contributed by atoms with Crippen LogP contribution < -0.4 is 11.2 Å². The van der Waals surface area contributed by atoms with Gasteiger partial charge in [-0.15, -0.1) is 0 Å². The predicted molar refractivity (Wildman–Crippen MR) is 97.5 cm³/mol. The fourth-order valence-electron chi connectivity index (χ4n) is 3.03. The van der Waals surface area contributed by atoms with Gasteiger partial charge in [-0.3, -0.25) is 9.59 Å². The first-order chi connectivity index (χ1) is 12.1. The first-order valence-electron chi connectivity index (χ1n) is 8.50. The van der Waals surface area contributed by atoms with Gasteiger partial charge >= 0.3 is 0 Å².